The topological polar surface area (TPSA) is 51.2 Å². The number of hydrogen-bond donors (Lipinski definition) is 1. The van der Waals surface area contributed by atoms with E-state index in [1.807, 2.05) is 37.3 Å². The summed E-state index contributed by atoms with van der Waals surface area (Å²) in [6.45, 7) is 4.80. The van der Waals surface area contributed by atoms with E-state index in [-0.39, 0.29) is 5.97 Å². The maximum absolute atomic E-state index is 11.9. The molecule has 1 unspecified atom stereocenters. The summed E-state index contributed by atoms with van der Waals surface area (Å²) in [5.41, 5.74) is 2.83. The van der Waals surface area contributed by atoms with Crippen molar-refractivity contribution in [2.75, 3.05) is 13.7 Å². The van der Waals surface area contributed by atoms with Crippen LogP contribution in [0.2, 0.25) is 0 Å². The van der Waals surface area contributed by atoms with Crippen LogP contribution in [-0.4, -0.2) is 24.6 Å². The van der Waals surface area contributed by atoms with Gasteiger partial charge in [0.1, 0.15) is 6.04 Å². The van der Waals surface area contributed by atoms with Crippen LogP contribution >= 0.6 is 0 Å². The summed E-state index contributed by atoms with van der Waals surface area (Å²) >= 11 is 0. The largest absolute Gasteiger partial charge is 0.468 e. The Kier molecular flexibility index (Phi) is 4.69. The van der Waals surface area contributed by atoms with Crippen LogP contribution in [-0.2, 0) is 9.53 Å². The lowest BCUT2D eigenvalue weighted by Crippen LogP contribution is -2.30. The maximum atomic E-state index is 11.9. The monoisotopic (exact) mass is 272 g/mol. The fraction of sp³-hybridized carbons (Fsp3) is 0.375. The first kappa shape index (κ1) is 14.5. The zero-order chi connectivity index (χ0) is 14.5. The number of nitrogens with zero attached hydrogens (tertiary/aromatic N) is 1. The van der Waals surface area contributed by atoms with Crippen LogP contribution in [0.25, 0.3) is 10.9 Å². The highest BCUT2D eigenvalue weighted by atomic mass is 16.5. The number of aryl methyl sites for hydroxylation is 1. The normalized spacial score (nSPS) is 12.3. The molecule has 4 nitrogen and oxygen atoms in total. The molecule has 106 valence electrons. The molecule has 1 aromatic heterocycles. The lowest BCUT2D eigenvalue weighted by Gasteiger charge is -2.17. The van der Waals surface area contributed by atoms with Gasteiger partial charge in [0.2, 0.25) is 0 Å². The average Bonchev–Trinajstić information content (AvgIpc) is 2.47. The van der Waals surface area contributed by atoms with Crippen molar-refractivity contribution in [2.45, 2.75) is 26.3 Å². The molecule has 0 saturated heterocycles. The van der Waals surface area contributed by atoms with Gasteiger partial charge in [0.05, 0.1) is 12.6 Å². The molecule has 0 radical (unpaired) electrons. The summed E-state index contributed by atoms with van der Waals surface area (Å²) < 4.78 is 4.88. The number of nitrogens with one attached hydrogen (secondary N) is 1. The third-order valence-electron chi connectivity index (χ3n) is 3.22. The molecule has 0 spiro atoms. The summed E-state index contributed by atoms with van der Waals surface area (Å²) in [7, 11) is 1.41. The molecule has 20 heavy (non-hydrogen) atoms. The number of ether oxygens (including phenoxy) is 1. The van der Waals surface area contributed by atoms with Crippen LogP contribution < -0.4 is 5.32 Å². The predicted octanol–water partition coefficient (Wildman–Crippen LogP) is 2.76. The summed E-state index contributed by atoms with van der Waals surface area (Å²) in [6, 6.07) is 9.44. The molecule has 0 aliphatic heterocycles. The summed E-state index contributed by atoms with van der Waals surface area (Å²) in [5.74, 6) is -0.266. The quantitative estimate of drug-likeness (QED) is 0.850. The van der Waals surface area contributed by atoms with Crippen LogP contribution in [0.15, 0.2) is 30.3 Å². The Labute approximate surface area is 119 Å². The van der Waals surface area contributed by atoms with Crippen molar-refractivity contribution in [3.05, 3.63) is 41.6 Å². The molecule has 2 rings (SSSR count). The highest BCUT2D eigenvalue weighted by Gasteiger charge is 2.20. The standard InChI is InChI=1S/C16H20N2O2/c1-4-9-17-15(16(19)20-3)13-7-8-14-12(10-13)6-5-11(2)18-14/h5-8,10,15,17H,4,9H2,1-3H3. The maximum Gasteiger partial charge on any atom is 0.327 e. The van der Waals surface area contributed by atoms with Gasteiger partial charge >= 0.3 is 5.97 Å². The number of carbonyl (C=O) groups is 1. The number of aromatic nitrogens is 1. The van der Waals surface area contributed by atoms with Gasteiger partial charge in [-0.2, -0.15) is 0 Å². The zero-order valence-electron chi connectivity index (χ0n) is 12.1. The van der Waals surface area contributed by atoms with Crippen molar-refractivity contribution in [3.63, 3.8) is 0 Å². The molecular formula is C16H20N2O2. The molecule has 0 saturated carbocycles. The Morgan fingerprint density at radius 1 is 1.35 bits per heavy atom. The van der Waals surface area contributed by atoms with Crippen molar-refractivity contribution in [2.24, 2.45) is 0 Å². The minimum Gasteiger partial charge on any atom is -0.468 e. The molecule has 0 bridgehead atoms. The number of hydrogen-bond acceptors (Lipinski definition) is 4. The van der Waals surface area contributed by atoms with Gasteiger partial charge < -0.3 is 10.1 Å². The fourth-order valence-electron chi connectivity index (χ4n) is 2.17. The Bertz CT molecular complexity index is 610. The van der Waals surface area contributed by atoms with Gasteiger partial charge in [0, 0.05) is 11.1 Å². The smallest absolute Gasteiger partial charge is 0.327 e. The van der Waals surface area contributed by atoms with Crippen LogP contribution in [0.4, 0.5) is 0 Å². The first-order valence-electron chi connectivity index (χ1n) is 6.84. The highest BCUT2D eigenvalue weighted by molar-refractivity contribution is 5.83. The third-order valence-corrected chi connectivity index (χ3v) is 3.22. The van der Waals surface area contributed by atoms with Crippen molar-refractivity contribution in [1.29, 1.82) is 0 Å². The van der Waals surface area contributed by atoms with E-state index in [1.54, 1.807) is 0 Å². The number of rotatable bonds is 5. The molecule has 4 heteroatoms. The van der Waals surface area contributed by atoms with E-state index < -0.39 is 6.04 Å². The van der Waals surface area contributed by atoms with Crippen molar-refractivity contribution in [1.82, 2.24) is 10.3 Å². The molecule has 1 atom stereocenters. The van der Waals surface area contributed by atoms with E-state index in [0.29, 0.717) is 0 Å². The number of fused-ring (bicyclic) bond motifs is 1. The van der Waals surface area contributed by atoms with E-state index in [0.717, 1.165) is 35.1 Å². The lowest BCUT2D eigenvalue weighted by molar-refractivity contribution is -0.143. The molecule has 0 fully saturated rings. The van der Waals surface area contributed by atoms with E-state index in [9.17, 15) is 4.79 Å². The van der Waals surface area contributed by atoms with Crippen LogP contribution in [0.1, 0.15) is 30.6 Å². The summed E-state index contributed by atoms with van der Waals surface area (Å²) in [5, 5.41) is 4.25. The van der Waals surface area contributed by atoms with E-state index in [1.165, 1.54) is 7.11 Å². The molecule has 0 aliphatic rings. The highest BCUT2D eigenvalue weighted by Crippen LogP contribution is 2.20. The van der Waals surface area contributed by atoms with Gasteiger partial charge in [-0.1, -0.05) is 19.1 Å². The number of benzene rings is 1. The van der Waals surface area contributed by atoms with Gasteiger partial charge in [0.25, 0.3) is 0 Å². The van der Waals surface area contributed by atoms with Crippen molar-refractivity contribution >= 4 is 16.9 Å². The SMILES string of the molecule is CCCNC(C(=O)OC)c1ccc2nc(C)ccc2c1. The molecule has 0 aliphatic carbocycles. The molecule has 2 aromatic rings. The molecule has 0 amide bonds. The van der Waals surface area contributed by atoms with Gasteiger partial charge in [-0.05, 0) is 43.7 Å². The molecule has 1 heterocycles. The van der Waals surface area contributed by atoms with Gasteiger partial charge in [-0.3, -0.25) is 4.98 Å². The van der Waals surface area contributed by atoms with Crippen molar-refractivity contribution in [3.8, 4) is 0 Å². The van der Waals surface area contributed by atoms with E-state index in [4.69, 9.17) is 4.74 Å². The summed E-state index contributed by atoms with van der Waals surface area (Å²) in [6.07, 6.45) is 0.960. The minimum atomic E-state index is -0.425. The fourth-order valence-corrected chi connectivity index (χ4v) is 2.17. The minimum absolute atomic E-state index is 0.266. The summed E-state index contributed by atoms with van der Waals surface area (Å²) in [4.78, 5) is 16.4. The average molecular weight is 272 g/mol. The molecule has 1 N–H and O–H groups in total. The Balaban J connectivity index is 2.37. The van der Waals surface area contributed by atoms with Gasteiger partial charge in [-0.15, -0.1) is 0 Å². The Morgan fingerprint density at radius 2 is 2.15 bits per heavy atom. The van der Waals surface area contributed by atoms with Crippen molar-refractivity contribution < 1.29 is 9.53 Å². The second kappa shape index (κ2) is 6.48. The first-order valence-corrected chi connectivity index (χ1v) is 6.84. The number of pyridine rings is 1. The molecule has 1 aromatic carbocycles. The zero-order valence-corrected chi connectivity index (χ0v) is 12.1. The number of methoxy groups -OCH3 is 1. The lowest BCUT2D eigenvalue weighted by atomic mass is 10.0. The third kappa shape index (κ3) is 3.14. The Hall–Kier alpha value is -1.94. The second-order valence-electron chi connectivity index (χ2n) is 4.82. The predicted molar refractivity (Wildman–Crippen MR) is 79.5 cm³/mol. The molecular weight excluding hydrogens is 252 g/mol. The van der Waals surface area contributed by atoms with Crippen LogP contribution in [0, 0.1) is 6.92 Å². The second-order valence-corrected chi connectivity index (χ2v) is 4.82. The first-order chi connectivity index (χ1) is 9.65. The number of esters is 1. The van der Waals surface area contributed by atoms with Crippen LogP contribution in [0.3, 0.4) is 0 Å². The number of carbonyl (C=O) groups excluding carboxylic acids is 1. The van der Waals surface area contributed by atoms with Crippen LogP contribution in [0.5, 0.6) is 0 Å². The Morgan fingerprint density at radius 3 is 2.85 bits per heavy atom. The van der Waals surface area contributed by atoms with E-state index >= 15 is 0 Å². The van der Waals surface area contributed by atoms with Gasteiger partial charge in [-0.25, -0.2) is 4.79 Å². The van der Waals surface area contributed by atoms with E-state index in [2.05, 4.69) is 17.2 Å². The van der Waals surface area contributed by atoms with Gasteiger partial charge in [0.15, 0.2) is 0 Å².